The van der Waals surface area contributed by atoms with Crippen LogP contribution in [0.1, 0.15) is 33.1 Å². The third-order valence-electron chi connectivity index (χ3n) is 3.85. The summed E-state index contributed by atoms with van der Waals surface area (Å²) in [5, 5.41) is 0.757. The van der Waals surface area contributed by atoms with E-state index < -0.39 is 0 Å². The Labute approximate surface area is 110 Å². The van der Waals surface area contributed by atoms with Gasteiger partial charge in [0, 0.05) is 10.1 Å². The van der Waals surface area contributed by atoms with Crippen molar-refractivity contribution in [1.29, 1.82) is 0 Å². The van der Waals surface area contributed by atoms with Crippen LogP contribution in [0.2, 0.25) is 0 Å². The minimum atomic E-state index is 0.743. The van der Waals surface area contributed by atoms with Crippen molar-refractivity contribution in [1.82, 2.24) is 0 Å². The first-order valence-electron chi connectivity index (χ1n) is 6.54. The lowest BCUT2D eigenvalue weighted by Gasteiger charge is -2.34. The molecule has 1 heteroatoms. The largest absolute Gasteiger partial charge is 0.122 e. The summed E-state index contributed by atoms with van der Waals surface area (Å²) in [4.78, 5) is 1.41. The summed E-state index contributed by atoms with van der Waals surface area (Å²) in [6.45, 7) is 8.72. The Morgan fingerprint density at radius 3 is 2.59 bits per heavy atom. The molecule has 0 heterocycles. The Kier molecular flexibility index (Phi) is 4.33. The Balaban J connectivity index is 2.01. The van der Waals surface area contributed by atoms with Crippen LogP contribution in [0.4, 0.5) is 0 Å². The average Bonchev–Trinajstić information content (AvgIpc) is 2.33. The van der Waals surface area contributed by atoms with Crippen molar-refractivity contribution in [3.63, 3.8) is 0 Å². The van der Waals surface area contributed by atoms with Gasteiger partial charge in [-0.3, -0.25) is 0 Å². The van der Waals surface area contributed by atoms with Crippen LogP contribution in [-0.4, -0.2) is 5.25 Å². The van der Waals surface area contributed by atoms with Crippen molar-refractivity contribution >= 4 is 11.8 Å². The second-order valence-electron chi connectivity index (χ2n) is 5.30. The first kappa shape index (κ1) is 12.8. The predicted octanol–water partition coefficient (Wildman–Crippen LogP) is 5.16. The van der Waals surface area contributed by atoms with Crippen LogP contribution in [-0.2, 0) is 0 Å². The lowest BCUT2D eigenvalue weighted by molar-refractivity contribution is 0.331. The molecule has 1 aromatic carbocycles. The maximum atomic E-state index is 4.14. The van der Waals surface area contributed by atoms with Crippen molar-refractivity contribution in [3.8, 4) is 0 Å². The van der Waals surface area contributed by atoms with Gasteiger partial charge in [-0.05, 0) is 50.2 Å². The van der Waals surface area contributed by atoms with Crippen LogP contribution >= 0.6 is 11.8 Å². The zero-order valence-electron chi connectivity index (χ0n) is 10.9. The molecule has 0 unspecified atom stereocenters. The first-order chi connectivity index (χ1) is 8.16. The lowest BCUT2D eigenvalue weighted by Crippen LogP contribution is -2.25. The average molecular weight is 246 g/mol. The fraction of sp³-hybridized carbons (Fsp3) is 0.500. The summed E-state index contributed by atoms with van der Waals surface area (Å²) < 4.78 is 0. The summed E-state index contributed by atoms with van der Waals surface area (Å²) in [7, 11) is 0. The molecule has 3 atom stereocenters. The topological polar surface area (TPSA) is 0 Å². The molecule has 0 radical (unpaired) electrons. The molecule has 1 saturated carbocycles. The van der Waals surface area contributed by atoms with E-state index in [9.17, 15) is 0 Å². The minimum absolute atomic E-state index is 0.743. The van der Waals surface area contributed by atoms with Gasteiger partial charge in [0.25, 0.3) is 0 Å². The Morgan fingerprint density at radius 2 is 1.94 bits per heavy atom. The molecule has 0 bridgehead atoms. The molecular weight excluding hydrogens is 224 g/mol. The zero-order chi connectivity index (χ0) is 12.3. The molecule has 17 heavy (non-hydrogen) atoms. The van der Waals surface area contributed by atoms with Crippen molar-refractivity contribution in [3.05, 3.63) is 42.5 Å². The maximum Gasteiger partial charge on any atom is 0.0126 e. The van der Waals surface area contributed by atoms with Gasteiger partial charge in [-0.15, -0.1) is 11.8 Å². The number of thioether (sulfide) groups is 1. The molecule has 2 rings (SSSR count). The summed E-state index contributed by atoms with van der Waals surface area (Å²) in [6, 6.07) is 10.8. The standard InChI is InChI=1S/C16H22S/c1-12(2)14-10-9-13(3)16(11-14)17-15-7-5-4-6-8-15/h4-8,13-14,16H,1,9-11H2,2-3H3/t13-,14+,16-/m1/s1. The third kappa shape index (κ3) is 3.38. The van der Waals surface area contributed by atoms with Gasteiger partial charge < -0.3 is 0 Å². The van der Waals surface area contributed by atoms with Gasteiger partial charge >= 0.3 is 0 Å². The fourth-order valence-corrected chi connectivity index (χ4v) is 3.93. The second-order valence-corrected chi connectivity index (χ2v) is 6.62. The lowest BCUT2D eigenvalue weighted by atomic mass is 9.79. The minimum Gasteiger partial charge on any atom is -0.122 e. The van der Waals surface area contributed by atoms with Crippen LogP contribution < -0.4 is 0 Å². The molecule has 0 spiro atoms. The first-order valence-corrected chi connectivity index (χ1v) is 7.42. The summed E-state index contributed by atoms with van der Waals surface area (Å²) in [6.07, 6.45) is 3.99. The molecule has 0 amide bonds. The summed E-state index contributed by atoms with van der Waals surface area (Å²) in [5.41, 5.74) is 1.37. The van der Waals surface area contributed by atoms with E-state index in [-0.39, 0.29) is 0 Å². The van der Waals surface area contributed by atoms with Gasteiger partial charge in [0.05, 0.1) is 0 Å². The normalized spacial score (nSPS) is 28.9. The van der Waals surface area contributed by atoms with Gasteiger partial charge in [-0.2, -0.15) is 0 Å². The molecule has 1 aromatic rings. The third-order valence-corrected chi connectivity index (χ3v) is 5.35. The molecule has 92 valence electrons. The molecule has 0 aromatic heterocycles. The van der Waals surface area contributed by atoms with Crippen molar-refractivity contribution in [2.75, 3.05) is 0 Å². The van der Waals surface area contributed by atoms with E-state index in [1.807, 2.05) is 0 Å². The van der Waals surface area contributed by atoms with E-state index in [2.05, 4.69) is 62.5 Å². The van der Waals surface area contributed by atoms with Crippen LogP contribution in [0.3, 0.4) is 0 Å². The van der Waals surface area contributed by atoms with Gasteiger partial charge in [0.1, 0.15) is 0 Å². The highest BCUT2D eigenvalue weighted by atomic mass is 32.2. The summed E-state index contributed by atoms with van der Waals surface area (Å²) >= 11 is 2.05. The van der Waals surface area contributed by atoms with Gasteiger partial charge in [0.2, 0.25) is 0 Å². The Hall–Kier alpha value is -0.690. The zero-order valence-corrected chi connectivity index (χ0v) is 11.7. The number of benzene rings is 1. The number of hydrogen-bond donors (Lipinski definition) is 0. The monoisotopic (exact) mass is 246 g/mol. The van der Waals surface area contributed by atoms with Gasteiger partial charge in [-0.1, -0.05) is 37.3 Å². The smallest absolute Gasteiger partial charge is 0.0126 e. The Morgan fingerprint density at radius 1 is 1.24 bits per heavy atom. The molecule has 1 fully saturated rings. The second kappa shape index (κ2) is 5.77. The van der Waals surface area contributed by atoms with Crippen LogP contribution in [0.5, 0.6) is 0 Å². The molecule has 0 saturated heterocycles. The van der Waals surface area contributed by atoms with Crippen molar-refractivity contribution < 1.29 is 0 Å². The van der Waals surface area contributed by atoms with Crippen molar-refractivity contribution in [2.24, 2.45) is 11.8 Å². The molecule has 1 aliphatic rings. The van der Waals surface area contributed by atoms with E-state index in [0.717, 1.165) is 17.1 Å². The maximum absolute atomic E-state index is 4.14. The van der Waals surface area contributed by atoms with E-state index in [4.69, 9.17) is 0 Å². The molecule has 0 nitrogen and oxygen atoms in total. The van der Waals surface area contributed by atoms with E-state index in [0.29, 0.717) is 0 Å². The van der Waals surface area contributed by atoms with E-state index >= 15 is 0 Å². The predicted molar refractivity (Wildman–Crippen MR) is 77.4 cm³/mol. The van der Waals surface area contributed by atoms with Gasteiger partial charge in [0.15, 0.2) is 0 Å². The Bertz CT molecular complexity index is 368. The molecule has 0 N–H and O–H groups in total. The molecule has 0 aliphatic heterocycles. The fourth-order valence-electron chi connectivity index (χ4n) is 2.57. The molecular formula is C16H22S. The highest BCUT2D eigenvalue weighted by Gasteiger charge is 2.28. The van der Waals surface area contributed by atoms with E-state index in [1.165, 1.54) is 29.7 Å². The van der Waals surface area contributed by atoms with Crippen LogP contribution in [0, 0.1) is 11.8 Å². The number of rotatable bonds is 3. The van der Waals surface area contributed by atoms with Crippen molar-refractivity contribution in [2.45, 2.75) is 43.3 Å². The van der Waals surface area contributed by atoms with Gasteiger partial charge in [-0.25, -0.2) is 0 Å². The van der Waals surface area contributed by atoms with Crippen LogP contribution in [0.25, 0.3) is 0 Å². The SMILES string of the molecule is C=C(C)[C@H]1CC[C@@H](C)[C@H](Sc2ccccc2)C1. The number of hydrogen-bond acceptors (Lipinski definition) is 1. The van der Waals surface area contributed by atoms with Crippen LogP contribution in [0.15, 0.2) is 47.4 Å². The number of allylic oxidation sites excluding steroid dienone is 1. The quantitative estimate of drug-likeness (QED) is 0.664. The highest BCUT2D eigenvalue weighted by molar-refractivity contribution is 8.00. The highest BCUT2D eigenvalue weighted by Crippen LogP contribution is 2.41. The summed E-state index contributed by atoms with van der Waals surface area (Å²) in [5.74, 6) is 1.57. The molecule has 1 aliphatic carbocycles. The van der Waals surface area contributed by atoms with E-state index in [1.54, 1.807) is 0 Å².